The zero-order chi connectivity index (χ0) is 12.6. The number of rotatable bonds is 2. The SMILES string of the molecule is COC(=O)c1nc(C(C)(C)N)n2ccccc12. The van der Waals surface area contributed by atoms with Crippen molar-refractivity contribution in [3.05, 3.63) is 35.9 Å². The highest BCUT2D eigenvalue weighted by Crippen LogP contribution is 2.21. The van der Waals surface area contributed by atoms with Crippen LogP contribution in [0.1, 0.15) is 30.2 Å². The van der Waals surface area contributed by atoms with Crippen LogP contribution in [0.3, 0.4) is 0 Å². The molecule has 0 fully saturated rings. The Labute approximate surface area is 99.2 Å². The van der Waals surface area contributed by atoms with Crippen LogP contribution < -0.4 is 5.73 Å². The zero-order valence-electron chi connectivity index (χ0n) is 10.1. The van der Waals surface area contributed by atoms with Crippen molar-refractivity contribution in [3.63, 3.8) is 0 Å². The number of nitrogens with zero attached hydrogens (tertiary/aromatic N) is 2. The molecule has 0 atom stereocenters. The molecule has 2 aromatic rings. The fourth-order valence-electron chi connectivity index (χ4n) is 1.74. The standard InChI is InChI=1S/C12H15N3O2/c1-12(2,13)11-14-9(10(16)17-3)8-6-4-5-7-15(8)11/h4-7H,13H2,1-3H3. The summed E-state index contributed by atoms with van der Waals surface area (Å²) in [6, 6.07) is 5.52. The molecule has 0 saturated heterocycles. The van der Waals surface area contributed by atoms with Gasteiger partial charge < -0.3 is 14.9 Å². The smallest absolute Gasteiger partial charge is 0.358 e. The lowest BCUT2D eigenvalue weighted by molar-refractivity contribution is 0.0596. The molecule has 90 valence electrons. The van der Waals surface area contributed by atoms with Gasteiger partial charge in [0.1, 0.15) is 5.82 Å². The van der Waals surface area contributed by atoms with E-state index in [-0.39, 0.29) is 0 Å². The Hall–Kier alpha value is -1.88. The average Bonchev–Trinajstić information content (AvgIpc) is 2.67. The molecule has 2 rings (SSSR count). The summed E-state index contributed by atoms with van der Waals surface area (Å²) in [5, 5.41) is 0. The summed E-state index contributed by atoms with van der Waals surface area (Å²) in [4.78, 5) is 15.9. The molecule has 0 saturated carbocycles. The minimum atomic E-state index is -0.628. The number of aromatic nitrogens is 2. The van der Waals surface area contributed by atoms with Crippen molar-refractivity contribution in [2.45, 2.75) is 19.4 Å². The summed E-state index contributed by atoms with van der Waals surface area (Å²) < 4.78 is 6.53. The highest BCUT2D eigenvalue weighted by molar-refractivity contribution is 5.95. The Kier molecular flexibility index (Phi) is 2.63. The van der Waals surface area contributed by atoms with Crippen LogP contribution in [0.5, 0.6) is 0 Å². The number of fused-ring (bicyclic) bond motifs is 1. The minimum Gasteiger partial charge on any atom is -0.464 e. The fourth-order valence-corrected chi connectivity index (χ4v) is 1.74. The number of methoxy groups -OCH3 is 1. The molecular formula is C12H15N3O2. The van der Waals surface area contributed by atoms with Crippen molar-refractivity contribution >= 4 is 11.5 Å². The first-order valence-electron chi connectivity index (χ1n) is 5.30. The van der Waals surface area contributed by atoms with E-state index in [0.717, 1.165) is 0 Å². The van der Waals surface area contributed by atoms with Gasteiger partial charge in [-0.25, -0.2) is 9.78 Å². The van der Waals surface area contributed by atoms with Crippen molar-refractivity contribution in [1.82, 2.24) is 9.38 Å². The van der Waals surface area contributed by atoms with E-state index in [9.17, 15) is 4.79 Å². The molecule has 17 heavy (non-hydrogen) atoms. The largest absolute Gasteiger partial charge is 0.464 e. The molecule has 0 aromatic carbocycles. The van der Waals surface area contributed by atoms with E-state index in [1.165, 1.54) is 7.11 Å². The molecule has 2 heterocycles. The summed E-state index contributed by atoms with van der Waals surface area (Å²) in [5.41, 5.74) is 6.41. The monoisotopic (exact) mass is 233 g/mol. The van der Waals surface area contributed by atoms with Crippen molar-refractivity contribution in [2.24, 2.45) is 5.73 Å². The number of pyridine rings is 1. The molecule has 0 radical (unpaired) electrons. The Balaban J connectivity index is 2.76. The van der Waals surface area contributed by atoms with Gasteiger partial charge in [-0.3, -0.25) is 0 Å². The minimum absolute atomic E-state index is 0.293. The first kappa shape index (κ1) is 11.6. The van der Waals surface area contributed by atoms with Crippen LogP contribution in [-0.2, 0) is 10.3 Å². The summed E-state index contributed by atoms with van der Waals surface area (Å²) in [7, 11) is 1.34. The second kappa shape index (κ2) is 3.85. The lowest BCUT2D eigenvalue weighted by Gasteiger charge is -2.16. The number of nitrogens with two attached hydrogens (primary N) is 1. The van der Waals surface area contributed by atoms with Crippen LogP contribution in [0, 0.1) is 0 Å². The highest BCUT2D eigenvalue weighted by atomic mass is 16.5. The van der Waals surface area contributed by atoms with E-state index >= 15 is 0 Å². The normalized spacial score (nSPS) is 11.8. The first-order chi connectivity index (χ1) is 7.95. The average molecular weight is 233 g/mol. The van der Waals surface area contributed by atoms with E-state index in [0.29, 0.717) is 17.0 Å². The maximum Gasteiger partial charge on any atom is 0.358 e. The van der Waals surface area contributed by atoms with Crippen molar-refractivity contribution < 1.29 is 9.53 Å². The third-order valence-corrected chi connectivity index (χ3v) is 2.50. The summed E-state index contributed by atoms with van der Waals surface area (Å²) in [6.45, 7) is 3.69. The molecule has 0 spiro atoms. The third kappa shape index (κ3) is 1.89. The lowest BCUT2D eigenvalue weighted by atomic mass is 10.1. The zero-order valence-corrected chi connectivity index (χ0v) is 10.1. The molecule has 0 aliphatic heterocycles. The van der Waals surface area contributed by atoms with Gasteiger partial charge in [0.15, 0.2) is 5.69 Å². The van der Waals surface area contributed by atoms with Crippen LogP contribution in [-0.4, -0.2) is 22.5 Å². The van der Waals surface area contributed by atoms with Gasteiger partial charge >= 0.3 is 5.97 Å². The number of carbonyl (C=O) groups excluding carboxylic acids is 1. The number of imidazole rings is 1. The molecule has 5 nitrogen and oxygen atoms in total. The molecule has 5 heteroatoms. The predicted octanol–water partition coefficient (Wildman–Crippen LogP) is 1.31. The maximum absolute atomic E-state index is 11.6. The third-order valence-electron chi connectivity index (χ3n) is 2.50. The number of carbonyl (C=O) groups is 1. The Morgan fingerprint density at radius 1 is 1.47 bits per heavy atom. The molecular weight excluding hydrogens is 218 g/mol. The molecule has 2 aromatic heterocycles. The molecule has 0 unspecified atom stereocenters. The van der Waals surface area contributed by atoms with Gasteiger partial charge in [0.05, 0.1) is 18.2 Å². The topological polar surface area (TPSA) is 69.6 Å². The fraction of sp³-hybridized carbons (Fsp3) is 0.333. The Morgan fingerprint density at radius 2 is 2.18 bits per heavy atom. The van der Waals surface area contributed by atoms with Gasteiger partial charge in [-0.2, -0.15) is 0 Å². The summed E-state index contributed by atoms with van der Waals surface area (Å²) in [5.74, 6) is 0.178. The van der Waals surface area contributed by atoms with Crippen LogP contribution in [0.15, 0.2) is 24.4 Å². The van der Waals surface area contributed by atoms with Crippen LogP contribution in [0.25, 0.3) is 5.52 Å². The maximum atomic E-state index is 11.6. The highest BCUT2D eigenvalue weighted by Gasteiger charge is 2.25. The van der Waals surface area contributed by atoms with Crippen LogP contribution >= 0.6 is 0 Å². The van der Waals surface area contributed by atoms with Crippen LogP contribution in [0.4, 0.5) is 0 Å². The molecule has 0 bridgehead atoms. The first-order valence-corrected chi connectivity index (χ1v) is 5.30. The van der Waals surface area contributed by atoms with Gasteiger partial charge in [-0.1, -0.05) is 6.07 Å². The van der Waals surface area contributed by atoms with Gasteiger partial charge in [0.25, 0.3) is 0 Å². The predicted molar refractivity (Wildman–Crippen MR) is 63.7 cm³/mol. The number of esters is 1. The quantitative estimate of drug-likeness (QED) is 0.794. The van der Waals surface area contributed by atoms with E-state index in [2.05, 4.69) is 4.98 Å². The molecule has 0 aliphatic rings. The lowest BCUT2D eigenvalue weighted by Crippen LogP contribution is -2.31. The van der Waals surface area contributed by atoms with Crippen LogP contribution in [0.2, 0.25) is 0 Å². The Bertz CT molecular complexity index is 567. The second-order valence-corrected chi connectivity index (χ2v) is 4.45. The van der Waals surface area contributed by atoms with Gasteiger partial charge in [0.2, 0.25) is 0 Å². The van der Waals surface area contributed by atoms with Crippen molar-refractivity contribution in [2.75, 3.05) is 7.11 Å². The second-order valence-electron chi connectivity index (χ2n) is 4.45. The molecule has 0 aliphatic carbocycles. The number of hydrogen-bond donors (Lipinski definition) is 1. The summed E-state index contributed by atoms with van der Waals surface area (Å²) >= 11 is 0. The van der Waals surface area contributed by atoms with E-state index < -0.39 is 11.5 Å². The van der Waals surface area contributed by atoms with Gasteiger partial charge in [0, 0.05) is 6.20 Å². The van der Waals surface area contributed by atoms with E-state index in [4.69, 9.17) is 10.5 Å². The van der Waals surface area contributed by atoms with Gasteiger partial charge in [-0.15, -0.1) is 0 Å². The number of ether oxygens (including phenoxy) is 1. The Morgan fingerprint density at radius 3 is 2.76 bits per heavy atom. The van der Waals surface area contributed by atoms with E-state index in [1.54, 1.807) is 0 Å². The van der Waals surface area contributed by atoms with Crippen molar-refractivity contribution in [3.8, 4) is 0 Å². The van der Waals surface area contributed by atoms with Crippen molar-refractivity contribution in [1.29, 1.82) is 0 Å². The van der Waals surface area contributed by atoms with Gasteiger partial charge in [-0.05, 0) is 26.0 Å². The summed E-state index contributed by atoms with van der Waals surface area (Å²) in [6.07, 6.45) is 1.83. The molecule has 2 N–H and O–H groups in total. The number of hydrogen-bond acceptors (Lipinski definition) is 4. The molecule has 0 amide bonds. The van der Waals surface area contributed by atoms with E-state index in [1.807, 2.05) is 42.6 Å².